The predicted molar refractivity (Wildman–Crippen MR) is 102 cm³/mol. The number of ether oxygens (including phenoxy) is 2. The average molecular weight is 355 g/mol. The molecule has 6 heteroatoms. The molecule has 6 nitrogen and oxygen atoms in total. The number of nitrogens with zero attached hydrogens (tertiary/aromatic N) is 1. The first-order valence-electron chi connectivity index (χ1n) is 8.58. The van der Waals surface area contributed by atoms with E-state index in [2.05, 4.69) is 0 Å². The molecule has 0 unspecified atom stereocenters. The molecular formula is C20H25N3O3. The van der Waals surface area contributed by atoms with Gasteiger partial charge in [-0.3, -0.25) is 10.8 Å². The molecule has 1 heterocycles. The number of nitrogens with one attached hydrogen (secondary N) is 2. The molecule has 0 amide bonds. The van der Waals surface area contributed by atoms with Gasteiger partial charge in [-0.15, -0.1) is 0 Å². The van der Waals surface area contributed by atoms with Crippen LogP contribution in [0.15, 0.2) is 60.6 Å². The second kappa shape index (κ2) is 10.2. The van der Waals surface area contributed by atoms with Crippen molar-refractivity contribution in [2.75, 3.05) is 13.1 Å². The Morgan fingerprint density at radius 1 is 1.19 bits per heavy atom. The topological polar surface area (TPSA) is 89.6 Å². The van der Waals surface area contributed by atoms with E-state index >= 15 is 0 Å². The largest absolute Gasteiger partial charge is 0.466 e. The molecule has 26 heavy (non-hydrogen) atoms. The lowest BCUT2D eigenvalue weighted by molar-refractivity contribution is 0.282. The minimum atomic E-state index is -0.0810. The molecule has 0 aromatic heterocycles. The summed E-state index contributed by atoms with van der Waals surface area (Å²) in [4.78, 5) is 1.80. The second-order valence-electron chi connectivity index (χ2n) is 5.75. The van der Waals surface area contributed by atoms with E-state index in [9.17, 15) is 0 Å². The van der Waals surface area contributed by atoms with Gasteiger partial charge in [-0.25, -0.2) is 0 Å². The number of aliphatic hydroxyl groups is 1. The molecule has 1 aliphatic rings. The average Bonchev–Trinajstić information content (AvgIpc) is 2.78. The van der Waals surface area contributed by atoms with Crippen molar-refractivity contribution in [2.24, 2.45) is 0 Å². The first kappa shape index (κ1) is 19.5. The van der Waals surface area contributed by atoms with Gasteiger partial charge in [0.2, 0.25) is 5.90 Å². The third kappa shape index (κ3) is 5.89. The highest BCUT2D eigenvalue weighted by atomic mass is 16.5. The van der Waals surface area contributed by atoms with Gasteiger partial charge < -0.3 is 19.5 Å². The van der Waals surface area contributed by atoms with E-state index in [1.807, 2.05) is 31.2 Å². The number of benzene rings is 1. The van der Waals surface area contributed by atoms with Crippen molar-refractivity contribution in [3.63, 3.8) is 0 Å². The second-order valence-corrected chi connectivity index (χ2v) is 5.75. The Morgan fingerprint density at radius 2 is 1.92 bits per heavy atom. The Bertz CT molecular complexity index is 706. The zero-order valence-electron chi connectivity index (χ0n) is 14.9. The first-order chi connectivity index (χ1) is 12.6. The first-order valence-corrected chi connectivity index (χ1v) is 8.58. The smallest absolute Gasteiger partial charge is 0.291 e. The maximum absolute atomic E-state index is 9.07. The van der Waals surface area contributed by atoms with Crippen LogP contribution in [0.25, 0.3) is 0 Å². The lowest BCUT2D eigenvalue weighted by atomic mass is 10.1. The number of hydrogen-bond donors (Lipinski definition) is 3. The summed E-state index contributed by atoms with van der Waals surface area (Å²) in [5, 5.41) is 25.3. The van der Waals surface area contributed by atoms with Gasteiger partial charge in [0.05, 0.1) is 12.9 Å². The van der Waals surface area contributed by atoms with E-state index in [1.165, 1.54) is 0 Å². The summed E-state index contributed by atoms with van der Waals surface area (Å²) in [7, 11) is 0. The normalized spacial score (nSPS) is 18.2. The van der Waals surface area contributed by atoms with Crippen molar-refractivity contribution in [2.45, 2.75) is 26.4 Å². The van der Waals surface area contributed by atoms with Gasteiger partial charge in [0.1, 0.15) is 5.76 Å². The van der Waals surface area contributed by atoms with Crippen molar-refractivity contribution in [3.8, 4) is 0 Å². The molecule has 0 bridgehead atoms. The lowest BCUT2D eigenvalue weighted by Gasteiger charge is -2.23. The number of aliphatic hydroxyl groups excluding tert-OH is 1. The molecule has 3 N–H and O–H groups in total. The quantitative estimate of drug-likeness (QED) is 0.438. The minimum absolute atomic E-state index is 0.0409. The summed E-state index contributed by atoms with van der Waals surface area (Å²) >= 11 is 0. The summed E-state index contributed by atoms with van der Waals surface area (Å²) in [5.41, 5.74) is 1.34. The maximum atomic E-state index is 9.07. The molecule has 0 fully saturated rings. The van der Waals surface area contributed by atoms with Crippen molar-refractivity contribution in [1.82, 2.24) is 4.90 Å². The van der Waals surface area contributed by atoms with Gasteiger partial charge in [0.25, 0.3) is 6.02 Å². The molecule has 0 saturated heterocycles. The van der Waals surface area contributed by atoms with Gasteiger partial charge in [-0.05, 0) is 49.6 Å². The fraction of sp³-hybridized carbons (Fsp3) is 0.300. The van der Waals surface area contributed by atoms with E-state index in [-0.39, 0.29) is 18.5 Å². The standard InChI is InChI=1S/C20H25N3O3/c1-2-14-25-18-6-3-4-12-23(13-5-7-18)20(22)26-19(21)17-10-8-16(15-24)9-11-17/h2-3,6-11,14,21-22,24H,4-5,12-13,15H2,1H3/b6-3-,14-2+,18-7+,21-19?,22-20?. The molecule has 0 aliphatic carbocycles. The van der Waals surface area contributed by atoms with Gasteiger partial charge in [0, 0.05) is 18.7 Å². The van der Waals surface area contributed by atoms with Crippen molar-refractivity contribution < 1.29 is 14.6 Å². The number of hydrogen-bond acceptors (Lipinski definition) is 5. The highest BCUT2D eigenvalue weighted by Crippen LogP contribution is 2.11. The summed E-state index contributed by atoms with van der Waals surface area (Å²) in [6, 6.07) is 6.84. The van der Waals surface area contributed by atoms with Crippen molar-refractivity contribution >= 4 is 11.9 Å². The third-order valence-corrected chi connectivity index (χ3v) is 3.82. The monoisotopic (exact) mass is 355 g/mol. The molecule has 1 aromatic carbocycles. The molecule has 2 rings (SSSR count). The van der Waals surface area contributed by atoms with Crippen LogP contribution in [0.2, 0.25) is 0 Å². The van der Waals surface area contributed by atoms with Crippen LogP contribution < -0.4 is 0 Å². The zero-order valence-corrected chi connectivity index (χ0v) is 14.9. The lowest BCUT2D eigenvalue weighted by Crippen LogP contribution is -2.35. The fourth-order valence-electron chi connectivity index (χ4n) is 2.39. The fourth-order valence-corrected chi connectivity index (χ4v) is 2.39. The molecule has 0 spiro atoms. The van der Waals surface area contributed by atoms with Crippen LogP contribution in [0.3, 0.4) is 0 Å². The number of allylic oxidation sites excluding steroid dienone is 2. The Balaban J connectivity index is 1.94. The zero-order chi connectivity index (χ0) is 18.8. The van der Waals surface area contributed by atoms with Gasteiger partial charge in [-0.1, -0.05) is 24.3 Å². The summed E-state index contributed by atoms with van der Waals surface area (Å²) in [6.07, 6.45) is 10.8. The predicted octanol–water partition coefficient (Wildman–Crippen LogP) is 3.54. The van der Waals surface area contributed by atoms with Crippen molar-refractivity contribution in [3.05, 3.63) is 71.7 Å². The van der Waals surface area contributed by atoms with E-state index in [0.717, 1.165) is 17.7 Å². The Morgan fingerprint density at radius 3 is 2.62 bits per heavy atom. The highest BCUT2D eigenvalue weighted by Gasteiger charge is 2.14. The van der Waals surface area contributed by atoms with Crippen LogP contribution in [0.4, 0.5) is 0 Å². The van der Waals surface area contributed by atoms with E-state index in [0.29, 0.717) is 25.1 Å². The van der Waals surface area contributed by atoms with Crippen LogP contribution in [0.5, 0.6) is 0 Å². The molecular weight excluding hydrogens is 330 g/mol. The number of amidine groups is 1. The van der Waals surface area contributed by atoms with E-state index < -0.39 is 0 Å². The van der Waals surface area contributed by atoms with E-state index in [1.54, 1.807) is 35.4 Å². The molecule has 0 atom stereocenters. The van der Waals surface area contributed by atoms with Crippen LogP contribution >= 0.6 is 0 Å². The van der Waals surface area contributed by atoms with Gasteiger partial charge in [-0.2, -0.15) is 0 Å². The summed E-state index contributed by atoms with van der Waals surface area (Å²) in [5.74, 6) is 0.705. The van der Waals surface area contributed by atoms with E-state index in [4.69, 9.17) is 25.4 Å². The Labute approximate surface area is 154 Å². The van der Waals surface area contributed by atoms with Crippen LogP contribution in [-0.4, -0.2) is 35.0 Å². The molecule has 1 aliphatic heterocycles. The highest BCUT2D eigenvalue weighted by molar-refractivity contribution is 5.98. The summed E-state index contributed by atoms with van der Waals surface area (Å²) in [6.45, 7) is 3.10. The molecule has 0 saturated carbocycles. The third-order valence-electron chi connectivity index (χ3n) is 3.82. The Hall–Kier alpha value is -2.86. The van der Waals surface area contributed by atoms with Gasteiger partial charge in [0.15, 0.2) is 0 Å². The Kier molecular flexibility index (Phi) is 7.64. The number of rotatable bonds is 4. The minimum Gasteiger partial charge on any atom is -0.466 e. The van der Waals surface area contributed by atoms with Crippen LogP contribution in [0.1, 0.15) is 30.9 Å². The molecule has 1 aromatic rings. The maximum Gasteiger partial charge on any atom is 0.291 e. The van der Waals surface area contributed by atoms with Crippen molar-refractivity contribution in [1.29, 1.82) is 10.8 Å². The molecule has 138 valence electrons. The van der Waals surface area contributed by atoms with Crippen LogP contribution in [-0.2, 0) is 16.1 Å². The van der Waals surface area contributed by atoms with Gasteiger partial charge >= 0.3 is 0 Å². The molecule has 0 radical (unpaired) electrons. The summed E-state index contributed by atoms with van der Waals surface area (Å²) < 4.78 is 10.9. The van der Waals surface area contributed by atoms with Crippen LogP contribution in [0, 0.1) is 10.8 Å². The SMILES string of the molecule is C/C=C/OC1=C/CCN(C(=N)OC(=N)c2ccc(CO)cc2)CC/C=C\1.